The van der Waals surface area contributed by atoms with Crippen molar-refractivity contribution in [3.05, 3.63) is 29.6 Å². The van der Waals surface area contributed by atoms with Crippen LogP contribution in [-0.2, 0) is 11.3 Å². The van der Waals surface area contributed by atoms with Crippen LogP contribution in [0, 0.1) is 12.8 Å². The van der Waals surface area contributed by atoms with Gasteiger partial charge in [-0.25, -0.2) is 0 Å². The Bertz CT molecular complexity index is 556. The fourth-order valence-electron chi connectivity index (χ4n) is 2.91. The highest BCUT2D eigenvalue weighted by Gasteiger charge is 2.22. The average molecular weight is 445 g/mol. The molecule has 0 unspecified atom stereocenters. The number of amides is 1. The van der Waals surface area contributed by atoms with Crippen molar-refractivity contribution < 1.29 is 4.79 Å². The molecule has 1 amide bonds. The zero-order valence-corrected chi connectivity index (χ0v) is 17.0. The highest BCUT2D eigenvalue weighted by atomic mass is 127. The predicted octanol–water partition coefficient (Wildman–Crippen LogP) is 1.93. The third kappa shape index (κ3) is 6.26. The van der Waals surface area contributed by atoms with Gasteiger partial charge < -0.3 is 15.5 Å². The van der Waals surface area contributed by atoms with Crippen molar-refractivity contribution in [2.75, 3.05) is 27.2 Å². The molecule has 0 radical (unpaired) electrons. The smallest absolute Gasteiger partial charge is 0.220 e. The largest absolute Gasteiger partial charge is 0.359 e. The zero-order chi connectivity index (χ0) is 16.7. The standard InChI is InChI=1S/C17H27N5O.HI/c1-13-5-4-6-15(21-13)12-20-17(19-3)22-9-7-14(8-10-22)11-16(23)18-2;/h4-6,14H,7-12H2,1-3H3,(H,18,23)(H,19,20);1H. The molecule has 0 aliphatic carbocycles. The Hall–Kier alpha value is -1.38. The summed E-state index contributed by atoms with van der Waals surface area (Å²) >= 11 is 0. The molecule has 0 bridgehead atoms. The van der Waals surface area contributed by atoms with E-state index >= 15 is 0 Å². The molecule has 7 heteroatoms. The quantitative estimate of drug-likeness (QED) is 0.422. The summed E-state index contributed by atoms with van der Waals surface area (Å²) in [4.78, 5) is 22.6. The van der Waals surface area contributed by atoms with Crippen LogP contribution in [0.4, 0.5) is 0 Å². The number of hydrogen-bond acceptors (Lipinski definition) is 3. The number of likely N-dealkylation sites (tertiary alicyclic amines) is 1. The molecule has 1 aromatic heterocycles. The number of aliphatic imine (C=N–C) groups is 1. The highest BCUT2D eigenvalue weighted by Crippen LogP contribution is 2.20. The minimum absolute atomic E-state index is 0. The molecule has 0 aromatic carbocycles. The second-order valence-corrected chi connectivity index (χ2v) is 5.98. The third-order valence-corrected chi connectivity index (χ3v) is 4.25. The van der Waals surface area contributed by atoms with E-state index in [9.17, 15) is 4.79 Å². The summed E-state index contributed by atoms with van der Waals surface area (Å²) in [5.41, 5.74) is 2.04. The summed E-state index contributed by atoms with van der Waals surface area (Å²) in [6, 6.07) is 6.03. The average Bonchev–Trinajstić information content (AvgIpc) is 2.56. The van der Waals surface area contributed by atoms with Crippen molar-refractivity contribution in [3.8, 4) is 0 Å². The maximum absolute atomic E-state index is 11.5. The van der Waals surface area contributed by atoms with Crippen LogP contribution in [0.2, 0.25) is 0 Å². The zero-order valence-electron chi connectivity index (χ0n) is 14.7. The summed E-state index contributed by atoms with van der Waals surface area (Å²) in [5.74, 6) is 1.52. The van der Waals surface area contributed by atoms with Crippen LogP contribution in [0.15, 0.2) is 23.2 Å². The van der Waals surface area contributed by atoms with E-state index in [0.717, 1.165) is 43.3 Å². The molecule has 24 heavy (non-hydrogen) atoms. The van der Waals surface area contributed by atoms with Crippen LogP contribution >= 0.6 is 24.0 Å². The van der Waals surface area contributed by atoms with Gasteiger partial charge in [0.2, 0.25) is 5.91 Å². The Kier molecular flexibility index (Phi) is 9.02. The number of pyridine rings is 1. The van der Waals surface area contributed by atoms with E-state index in [1.165, 1.54) is 0 Å². The van der Waals surface area contributed by atoms with Gasteiger partial charge in [-0.1, -0.05) is 6.07 Å². The SMILES string of the molecule is CN=C(NCc1cccc(C)n1)N1CCC(CC(=O)NC)CC1.I. The molecule has 2 N–H and O–H groups in total. The first-order chi connectivity index (χ1) is 11.1. The monoisotopic (exact) mass is 445 g/mol. The van der Waals surface area contributed by atoms with Gasteiger partial charge >= 0.3 is 0 Å². The fraction of sp³-hybridized carbons (Fsp3) is 0.588. The number of carbonyl (C=O) groups is 1. The lowest BCUT2D eigenvalue weighted by atomic mass is 9.93. The summed E-state index contributed by atoms with van der Waals surface area (Å²) in [7, 11) is 3.51. The predicted molar refractivity (Wildman–Crippen MR) is 108 cm³/mol. The topological polar surface area (TPSA) is 69.6 Å². The summed E-state index contributed by atoms with van der Waals surface area (Å²) in [6.45, 7) is 4.53. The number of halogens is 1. The van der Waals surface area contributed by atoms with Crippen LogP contribution in [0.1, 0.15) is 30.7 Å². The maximum Gasteiger partial charge on any atom is 0.220 e. The Labute approximate surface area is 161 Å². The lowest BCUT2D eigenvalue weighted by molar-refractivity contribution is -0.121. The molecule has 2 rings (SSSR count). The maximum atomic E-state index is 11.5. The van der Waals surface area contributed by atoms with Gasteiger partial charge in [0.05, 0.1) is 12.2 Å². The second kappa shape index (κ2) is 10.5. The van der Waals surface area contributed by atoms with Gasteiger partial charge in [0.1, 0.15) is 0 Å². The lowest BCUT2D eigenvalue weighted by Gasteiger charge is -2.34. The molecule has 2 heterocycles. The van der Waals surface area contributed by atoms with Crippen LogP contribution < -0.4 is 10.6 Å². The third-order valence-electron chi connectivity index (χ3n) is 4.25. The minimum Gasteiger partial charge on any atom is -0.359 e. The number of piperidine rings is 1. The summed E-state index contributed by atoms with van der Waals surface area (Å²) in [5, 5.41) is 6.09. The Balaban J connectivity index is 0.00000288. The van der Waals surface area contributed by atoms with Crippen LogP contribution in [0.25, 0.3) is 0 Å². The molecule has 1 aliphatic heterocycles. The minimum atomic E-state index is 0. The highest BCUT2D eigenvalue weighted by molar-refractivity contribution is 14.0. The molecule has 0 saturated carbocycles. The van der Waals surface area contributed by atoms with Gasteiger partial charge in [-0.15, -0.1) is 24.0 Å². The van der Waals surface area contributed by atoms with Crippen molar-refractivity contribution in [1.29, 1.82) is 0 Å². The first-order valence-corrected chi connectivity index (χ1v) is 8.21. The summed E-state index contributed by atoms with van der Waals surface area (Å²) in [6.07, 6.45) is 2.68. The van der Waals surface area contributed by atoms with Gasteiger partial charge in [-0.2, -0.15) is 0 Å². The van der Waals surface area contributed by atoms with E-state index in [4.69, 9.17) is 0 Å². The fourth-order valence-corrected chi connectivity index (χ4v) is 2.91. The summed E-state index contributed by atoms with van der Waals surface area (Å²) < 4.78 is 0. The number of nitrogens with one attached hydrogen (secondary N) is 2. The van der Waals surface area contributed by atoms with Crippen LogP contribution in [0.5, 0.6) is 0 Å². The van der Waals surface area contributed by atoms with E-state index in [1.807, 2.05) is 32.2 Å². The molecular formula is C17H28IN5O. The number of guanidine groups is 1. The first kappa shape index (κ1) is 20.7. The van der Waals surface area contributed by atoms with Gasteiger partial charge in [-0.05, 0) is 37.8 Å². The molecule has 0 spiro atoms. The molecule has 1 aliphatic rings. The van der Waals surface area contributed by atoms with Crippen molar-refractivity contribution in [2.45, 2.75) is 32.7 Å². The van der Waals surface area contributed by atoms with E-state index < -0.39 is 0 Å². The van der Waals surface area contributed by atoms with E-state index in [2.05, 4.69) is 25.5 Å². The lowest BCUT2D eigenvalue weighted by Crippen LogP contribution is -2.45. The van der Waals surface area contributed by atoms with Crippen molar-refractivity contribution in [1.82, 2.24) is 20.5 Å². The molecule has 1 aromatic rings. The molecular weight excluding hydrogens is 417 g/mol. The molecule has 0 atom stereocenters. The number of hydrogen-bond donors (Lipinski definition) is 2. The molecule has 1 saturated heterocycles. The Morgan fingerprint density at radius 1 is 1.38 bits per heavy atom. The van der Waals surface area contributed by atoms with Gasteiger partial charge in [0, 0.05) is 39.3 Å². The number of rotatable bonds is 4. The van der Waals surface area contributed by atoms with Gasteiger partial charge in [-0.3, -0.25) is 14.8 Å². The molecule has 6 nitrogen and oxygen atoms in total. The normalized spacial score (nSPS) is 15.6. The number of nitrogens with zero attached hydrogens (tertiary/aromatic N) is 3. The van der Waals surface area contributed by atoms with Crippen molar-refractivity contribution >= 4 is 35.8 Å². The Morgan fingerprint density at radius 2 is 2.08 bits per heavy atom. The number of aromatic nitrogens is 1. The number of aryl methyl sites for hydroxylation is 1. The van der Waals surface area contributed by atoms with Gasteiger partial charge in [0.25, 0.3) is 0 Å². The van der Waals surface area contributed by atoms with Gasteiger partial charge in [0.15, 0.2) is 5.96 Å². The molecule has 134 valence electrons. The molecule has 1 fully saturated rings. The Morgan fingerprint density at radius 3 is 2.67 bits per heavy atom. The second-order valence-electron chi connectivity index (χ2n) is 5.98. The first-order valence-electron chi connectivity index (χ1n) is 8.21. The van der Waals surface area contributed by atoms with Crippen molar-refractivity contribution in [3.63, 3.8) is 0 Å². The van der Waals surface area contributed by atoms with Crippen LogP contribution in [0.3, 0.4) is 0 Å². The van der Waals surface area contributed by atoms with E-state index in [1.54, 1.807) is 7.05 Å². The van der Waals surface area contributed by atoms with E-state index in [-0.39, 0.29) is 29.9 Å². The van der Waals surface area contributed by atoms with Crippen LogP contribution in [-0.4, -0.2) is 48.9 Å². The van der Waals surface area contributed by atoms with Crippen molar-refractivity contribution in [2.24, 2.45) is 10.9 Å². The number of carbonyl (C=O) groups excluding carboxylic acids is 1. The van der Waals surface area contributed by atoms with E-state index in [0.29, 0.717) is 18.9 Å².